The summed E-state index contributed by atoms with van der Waals surface area (Å²) in [6.45, 7) is -0.312. The van der Waals surface area contributed by atoms with Gasteiger partial charge >= 0.3 is 6.36 Å². The van der Waals surface area contributed by atoms with Gasteiger partial charge in [-0.2, -0.15) is 4.99 Å². The molecule has 2 unspecified atom stereocenters. The van der Waals surface area contributed by atoms with Crippen LogP contribution in [0.15, 0.2) is 59.6 Å². The van der Waals surface area contributed by atoms with Crippen molar-refractivity contribution in [2.24, 2.45) is 4.99 Å². The van der Waals surface area contributed by atoms with Gasteiger partial charge in [-0.3, -0.25) is 4.79 Å². The van der Waals surface area contributed by atoms with E-state index in [1.54, 1.807) is 35.2 Å². The molecule has 32 heavy (non-hydrogen) atoms. The Morgan fingerprint density at radius 3 is 2.41 bits per heavy atom. The predicted molar refractivity (Wildman–Crippen MR) is 114 cm³/mol. The van der Waals surface area contributed by atoms with Crippen LogP contribution in [0.1, 0.15) is 0 Å². The summed E-state index contributed by atoms with van der Waals surface area (Å²) in [5, 5.41) is -0.0613. The number of halogens is 3. The van der Waals surface area contributed by atoms with Crippen LogP contribution in [0.5, 0.6) is 11.5 Å². The van der Waals surface area contributed by atoms with Gasteiger partial charge in [-0.25, -0.2) is 8.42 Å². The van der Waals surface area contributed by atoms with E-state index in [4.69, 9.17) is 4.74 Å². The van der Waals surface area contributed by atoms with E-state index in [0.717, 1.165) is 23.9 Å². The molecule has 2 fully saturated rings. The summed E-state index contributed by atoms with van der Waals surface area (Å²) in [6.07, 6.45) is -4.83. The Morgan fingerprint density at radius 2 is 1.75 bits per heavy atom. The Kier molecular flexibility index (Phi) is 6.08. The highest BCUT2D eigenvalue weighted by atomic mass is 32.2. The SMILES string of the molecule is O=C(COc1ccccc1)N=C1SC2CS(=O)(=O)CC2N1c1ccc(OC(F)(F)F)cc1. The summed E-state index contributed by atoms with van der Waals surface area (Å²) < 4.78 is 70.8. The highest BCUT2D eigenvalue weighted by molar-refractivity contribution is 8.16. The van der Waals surface area contributed by atoms with E-state index in [2.05, 4.69) is 9.73 Å². The zero-order chi connectivity index (χ0) is 22.9. The molecule has 0 spiro atoms. The lowest BCUT2D eigenvalue weighted by Crippen LogP contribution is -2.37. The van der Waals surface area contributed by atoms with E-state index < -0.39 is 33.9 Å². The van der Waals surface area contributed by atoms with Gasteiger partial charge in [-0.15, -0.1) is 13.2 Å². The van der Waals surface area contributed by atoms with Crippen molar-refractivity contribution < 1.29 is 35.9 Å². The number of benzene rings is 2. The topological polar surface area (TPSA) is 85.3 Å². The van der Waals surface area contributed by atoms with Crippen LogP contribution in [0.25, 0.3) is 0 Å². The predicted octanol–water partition coefficient (Wildman–Crippen LogP) is 3.27. The number of fused-ring (bicyclic) bond motifs is 1. The quantitative estimate of drug-likeness (QED) is 0.641. The van der Waals surface area contributed by atoms with Crippen molar-refractivity contribution in [1.82, 2.24) is 0 Å². The van der Waals surface area contributed by atoms with Gasteiger partial charge in [0, 0.05) is 10.9 Å². The molecule has 2 aromatic rings. The number of para-hydroxylation sites is 1. The number of amidine groups is 1. The Morgan fingerprint density at radius 1 is 1.06 bits per heavy atom. The van der Waals surface area contributed by atoms with Crippen molar-refractivity contribution >= 4 is 38.4 Å². The van der Waals surface area contributed by atoms with Crippen LogP contribution in [0, 0.1) is 0 Å². The molecule has 2 aliphatic rings. The van der Waals surface area contributed by atoms with E-state index in [-0.39, 0.29) is 28.5 Å². The van der Waals surface area contributed by atoms with Gasteiger partial charge in [0.1, 0.15) is 11.5 Å². The number of thioether (sulfide) groups is 1. The largest absolute Gasteiger partial charge is 0.573 e. The van der Waals surface area contributed by atoms with Gasteiger partial charge in [-0.05, 0) is 36.4 Å². The van der Waals surface area contributed by atoms with Gasteiger partial charge < -0.3 is 14.4 Å². The molecule has 2 atom stereocenters. The number of amides is 1. The first-order valence-electron chi connectivity index (χ1n) is 9.41. The first kappa shape index (κ1) is 22.5. The van der Waals surface area contributed by atoms with Crippen LogP contribution in [-0.4, -0.2) is 55.3 Å². The summed E-state index contributed by atoms with van der Waals surface area (Å²) in [7, 11) is -3.28. The molecular formula is C20H17F3N2O5S2. The van der Waals surface area contributed by atoms with E-state index in [9.17, 15) is 26.4 Å². The molecule has 0 aromatic heterocycles. The first-order valence-corrected chi connectivity index (χ1v) is 12.1. The normalized spacial score (nSPS) is 23.2. The fraction of sp³-hybridized carbons (Fsp3) is 0.300. The summed E-state index contributed by atoms with van der Waals surface area (Å²) in [4.78, 5) is 18.1. The molecule has 170 valence electrons. The lowest BCUT2D eigenvalue weighted by molar-refractivity contribution is -0.274. The lowest BCUT2D eigenvalue weighted by atomic mass is 10.2. The maximum Gasteiger partial charge on any atom is 0.573 e. The third kappa shape index (κ3) is 5.36. The minimum atomic E-state index is -4.83. The Labute approximate surface area is 186 Å². The van der Waals surface area contributed by atoms with Gasteiger partial charge in [-0.1, -0.05) is 30.0 Å². The fourth-order valence-electron chi connectivity index (χ4n) is 3.48. The molecule has 2 saturated heterocycles. The molecule has 4 rings (SSSR count). The molecule has 7 nitrogen and oxygen atoms in total. The lowest BCUT2D eigenvalue weighted by Gasteiger charge is -2.24. The smallest absolute Gasteiger partial charge is 0.484 e. The number of sulfone groups is 1. The second kappa shape index (κ2) is 8.66. The Bertz CT molecular complexity index is 1120. The average Bonchev–Trinajstić information content (AvgIpc) is 3.17. The van der Waals surface area contributed by atoms with Gasteiger partial charge in [0.25, 0.3) is 5.91 Å². The number of hydrogen-bond acceptors (Lipinski definition) is 6. The standard InChI is InChI=1S/C20H17F3N2O5S2/c21-20(22,23)30-15-8-6-13(7-9-15)25-16-11-32(27,28)12-17(16)31-19(25)24-18(26)10-29-14-4-2-1-3-5-14/h1-9,16-17H,10-12H2. The molecule has 0 radical (unpaired) electrons. The molecule has 2 aliphatic heterocycles. The molecule has 12 heteroatoms. The van der Waals surface area contributed by atoms with E-state index >= 15 is 0 Å². The Hall–Kier alpha value is -2.73. The van der Waals surface area contributed by atoms with Crippen LogP contribution in [0.2, 0.25) is 0 Å². The van der Waals surface area contributed by atoms with Crippen molar-refractivity contribution in [2.45, 2.75) is 17.7 Å². The molecule has 0 aliphatic carbocycles. The van der Waals surface area contributed by atoms with Gasteiger partial charge in [0.2, 0.25) is 0 Å². The van der Waals surface area contributed by atoms with Crippen LogP contribution < -0.4 is 14.4 Å². The molecule has 2 heterocycles. The summed E-state index contributed by atoms with van der Waals surface area (Å²) in [5.74, 6) is -0.683. The number of ether oxygens (including phenoxy) is 2. The zero-order valence-electron chi connectivity index (χ0n) is 16.4. The van der Waals surface area contributed by atoms with Crippen LogP contribution in [0.3, 0.4) is 0 Å². The van der Waals surface area contributed by atoms with Crippen molar-refractivity contribution in [3.63, 3.8) is 0 Å². The van der Waals surface area contributed by atoms with Gasteiger partial charge in [0.15, 0.2) is 21.6 Å². The average molecular weight is 486 g/mol. The Balaban J connectivity index is 1.56. The van der Waals surface area contributed by atoms with Crippen molar-refractivity contribution in [2.75, 3.05) is 23.0 Å². The highest BCUT2D eigenvalue weighted by Crippen LogP contribution is 2.41. The number of carbonyl (C=O) groups is 1. The first-order chi connectivity index (χ1) is 15.1. The summed E-state index contributed by atoms with van der Waals surface area (Å²) in [6, 6.07) is 13.2. The summed E-state index contributed by atoms with van der Waals surface area (Å²) in [5.41, 5.74) is 0.409. The van der Waals surface area contributed by atoms with Crippen LogP contribution >= 0.6 is 11.8 Å². The molecule has 0 N–H and O–H groups in total. The maximum absolute atomic E-state index is 12.4. The zero-order valence-corrected chi connectivity index (χ0v) is 18.0. The van der Waals surface area contributed by atoms with Crippen LogP contribution in [0.4, 0.5) is 18.9 Å². The number of hydrogen-bond donors (Lipinski definition) is 0. The fourth-order valence-corrected chi connectivity index (χ4v) is 7.41. The number of rotatable bonds is 5. The van der Waals surface area contributed by atoms with Crippen LogP contribution in [-0.2, 0) is 14.6 Å². The number of carbonyl (C=O) groups excluding carboxylic acids is 1. The van der Waals surface area contributed by atoms with Crippen molar-refractivity contribution in [3.05, 3.63) is 54.6 Å². The van der Waals surface area contributed by atoms with E-state index in [1.165, 1.54) is 12.1 Å². The maximum atomic E-state index is 12.4. The molecule has 0 bridgehead atoms. The second-order valence-corrected chi connectivity index (χ2v) is 10.5. The molecule has 0 saturated carbocycles. The van der Waals surface area contributed by atoms with Crippen molar-refractivity contribution in [3.8, 4) is 11.5 Å². The van der Waals surface area contributed by atoms with E-state index in [1.807, 2.05) is 0 Å². The van der Waals surface area contributed by atoms with Crippen molar-refractivity contribution in [1.29, 1.82) is 0 Å². The third-order valence-corrected chi connectivity index (χ3v) is 7.95. The minimum Gasteiger partial charge on any atom is -0.484 e. The number of anilines is 1. The van der Waals surface area contributed by atoms with Gasteiger partial charge in [0.05, 0.1) is 17.5 Å². The second-order valence-electron chi connectivity index (χ2n) is 7.10. The number of aliphatic imine (C=N–C) groups is 1. The number of nitrogens with zero attached hydrogens (tertiary/aromatic N) is 2. The third-order valence-electron chi connectivity index (χ3n) is 4.74. The number of alkyl halides is 3. The van der Waals surface area contributed by atoms with E-state index in [0.29, 0.717) is 11.4 Å². The molecule has 1 amide bonds. The highest BCUT2D eigenvalue weighted by Gasteiger charge is 2.49. The molecular weight excluding hydrogens is 469 g/mol. The monoisotopic (exact) mass is 486 g/mol. The summed E-state index contributed by atoms with van der Waals surface area (Å²) >= 11 is 1.16. The minimum absolute atomic E-state index is 0.0676. The molecule has 2 aromatic carbocycles.